The number of unbranched alkanes of at least 4 members (excludes halogenated alkanes) is 2. The van der Waals surface area contributed by atoms with Gasteiger partial charge in [-0.1, -0.05) is 50.1 Å². The van der Waals surface area contributed by atoms with Crippen LogP contribution < -0.4 is 10.1 Å². The Morgan fingerprint density at radius 3 is 2.17 bits per heavy atom. The van der Waals surface area contributed by atoms with Crippen molar-refractivity contribution in [2.24, 2.45) is 0 Å². The number of ether oxygens (including phenoxy) is 2. The van der Waals surface area contributed by atoms with Gasteiger partial charge in [-0.2, -0.15) is 5.26 Å². The monoisotopic (exact) mass is 482 g/mol. The number of carbonyl (C=O) groups is 3. The van der Waals surface area contributed by atoms with Crippen LogP contribution in [0.1, 0.15) is 52.5 Å². The van der Waals surface area contributed by atoms with Crippen LogP contribution >= 0.6 is 0 Å². The standard InChI is InChI=1S/C29H26N2O5/c1-2-3-7-18-35-28(33)23-12-14-25(15-13-23)31-27(32)24(20-30)19-21-10-16-26(17-11-21)36-29(34)22-8-5-4-6-9-22/h4-6,8-17,19H,2-3,7,18H2,1H3,(H,31,32)/b24-19+. The highest BCUT2D eigenvalue weighted by molar-refractivity contribution is 6.09. The fraction of sp³-hybridized carbons (Fsp3) is 0.172. The summed E-state index contributed by atoms with van der Waals surface area (Å²) in [7, 11) is 0. The molecule has 3 rings (SSSR count). The summed E-state index contributed by atoms with van der Waals surface area (Å²) in [6, 6.07) is 23.2. The van der Waals surface area contributed by atoms with Gasteiger partial charge in [-0.25, -0.2) is 9.59 Å². The van der Waals surface area contributed by atoms with E-state index in [2.05, 4.69) is 12.2 Å². The lowest BCUT2D eigenvalue weighted by atomic mass is 10.1. The van der Waals surface area contributed by atoms with Gasteiger partial charge in [0.05, 0.1) is 17.7 Å². The molecule has 0 saturated heterocycles. The molecule has 0 heterocycles. The van der Waals surface area contributed by atoms with E-state index in [1.54, 1.807) is 72.8 Å². The second-order valence-electron chi connectivity index (χ2n) is 7.87. The number of amides is 1. The number of nitrogens with one attached hydrogen (secondary N) is 1. The van der Waals surface area contributed by atoms with Gasteiger partial charge in [0.1, 0.15) is 17.4 Å². The van der Waals surface area contributed by atoms with Crippen molar-refractivity contribution >= 4 is 29.6 Å². The average Bonchev–Trinajstić information content (AvgIpc) is 2.91. The summed E-state index contributed by atoms with van der Waals surface area (Å²) in [6.07, 6.45) is 4.29. The lowest BCUT2D eigenvalue weighted by molar-refractivity contribution is -0.112. The van der Waals surface area contributed by atoms with Crippen LogP contribution in [0.4, 0.5) is 5.69 Å². The van der Waals surface area contributed by atoms with E-state index in [9.17, 15) is 19.6 Å². The third kappa shape index (κ3) is 7.67. The number of esters is 2. The van der Waals surface area contributed by atoms with Gasteiger partial charge in [0.2, 0.25) is 0 Å². The number of carbonyl (C=O) groups excluding carboxylic acids is 3. The Labute approximate surface area is 210 Å². The Kier molecular flexibility index (Phi) is 9.54. The van der Waals surface area contributed by atoms with Crippen LogP contribution in [-0.2, 0) is 9.53 Å². The first-order chi connectivity index (χ1) is 17.5. The van der Waals surface area contributed by atoms with Crippen LogP contribution in [-0.4, -0.2) is 24.5 Å². The highest BCUT2D eigenvalue weighted by Gasteiger charge is 2.12. The molecule has 0 spiro atoms. The topological polar surface area (TPSA) is 105 Å². The van der Waals surface area contributed by atoms with Crippen LogP contribution in [0.3, 0.4) is 0 Å². The van der Waals surface area contributed by atoms with Crippen molar-refractivity contribution in [1.29, 1.82) is 5.26 Å². The summed E-state index contributed by atoms with van der Waals surface area (Å²) < 4.78 is 10.6. The Bertz CT molecular complexity index is 1260. The van der Waals surface area contributed by atoms with Crippen molar-refractivity contribution in [3.8, 4) is 11.8 Å². The minimum absolute atomic E-state index is 0.108. The lowest BCUT2D eigenvalue weighted by Gasteiger charge is -2.07. The molecule has 0 aliphatic rings. The first-order valence-corrected chi connectivity index (χ1v) is 11.6. The molecule has 0 aliphatic heterocycles. The fourth-order valence-corrected chi connectivity index (χ4v) is 3.18. The van der Waals surface area contributed by atoms with Crippen molar-refractivity contribution in [3.05, 3.63) is 101 Å². The molecule has 0 atom stereocenters. The molecule has 0 bridgehead atoms. The van der Waals surface area contributed by atoms with Crippen molar-refractivity contribution in [2.45, 2.75) is 26.2 Å². The molecule has 0 saturated carbocycles. The third-order valence-corrected chi connectivity index (χ3v) is 5.14. The number of anilines is 1. The summed E-state index contributed by atoms with van der Waals surface area (Å²) in [5, 5.41) is 12.1. The summed E-state index contributed by atoms with van der Waals surface area (Å²) in [6.45, 7) is 2.45. The number of hydrogen-bond donors (Lipinski definition) is 1. The van der Waals surface area contributed by atoms with Crippen LogP contribution in [0.25, 0.3) is 6.08 Å². The predicted octanol–water partition coefficient (Wildman–Crippen LogP) is 5.80. The zero-order valence-corrected chi connectivity index (χ0v) is 19.9. The van der Waals surface area contributed by atoms with Gasteiger partial charge in [0.15, 0.2) is 0 Å². The second-order valence-corrected chi connectivity index (χ2v) is 7.87. The van der Waals surface area contributed by atoms with Gasteiger partial charge >= 0.3 is 11.9 Å². The maximum absolute atomic E-state index is 12.6. The molecule has 0 fully saturated rings. The zero-order valence-electron chi connectivity index (χ0n) is 19.9. The molecule has 1 N–H and O–H groups in total. The molecule has 7 nitrogen and oxygen atoms in total. The number of nitrogens with zero attached hydrogens (tertiary/aromatic N) is 1. The third-order valence-electron chi connectivity index (χ3n) is 5.14. The Hall–Kier alpha value is -4.70. The number of benzene rings is 3. The summed E-state index contributed by atoms with van der Waals surface area (Å²) in [5.74, 6) is -1.15. The van der Waals surface area contributed by atoms with Crippen LogP contribution in [0, 0.1) is 11.3 Å². The maximum atomic E-state index is 12.6. The van der Waals surface area contributed by atoms with Gasteiger partial charge in [0.25, 0.3) is 5.91 Å². The molecule has 0 aromatic heterocycles. The molecule has 3 aromatic rings. The Morgan fingerprint density at radius 2 is 1.53 bits per heavy atom. The Morgan fingerprint density at radius 1 is 0.861 bits per heavy atom. The Balaban J connectivity index is 1.58. The fourth-order valence-electron chi connectivity index (χ4n) is 3.18. The van der Waals surface area contributed by atoms with E-state index in [4.69, 9.17) is 9.47 Å². The SMILES string of the molecule is CCCCCOC(=O)c1ccc(NC(=O)/C(C#N)=C/c2ccc(OC(=O)c3ccccc3)cc2)cc1. The highest BCUT2D eigenvalue weighted by Crippen LogP contribution is 2.18. The van der Waals surface area contributed by atoms with E-state index in [0.29, 0.717) is 34.7 Å². The molecular formula is C29H26N2O5. The van der Waals surface area contributed by atoms with E-state index in [1.807, 2.05) is 12.1 Å². The molecule has 1 amide bonds. The minimum Gasteiger partial charge on any atom is -0.462 e. The zero-order chi connectivity index (χ0) is 25.8. The van der Waals surface area contributed by atoms with E-state index >= 15 is 0 Å². The van der Waals surface area contributed by atoms with Crippen molar-refractivity contribution in [1.82, 2.24) is 0 Å². The molecule has 36 heavy (non-hydrogen) atoms. The van der Waals surface area contributed by atoms with Gasteiger partial charge < -0.3 is 14.8 Å². The first-order valence-electron chi connectivity index (χ1n) is 11.6. The van der Waals surface area contributed by atoms with Crippen LogP contribution in [0.2, 0.25) is 0 Å². The van der Waals surface area contributed by atoms with E-state index < -0.39 is 17.8 Å². The van der Waals surface area contributed by atoms with Crippen molar-refractivity contribution < 1.29 is 23.9 Å². The second kappa shape index (κ2) is 13.3. The molecule has 182 valence electrons. The van der Waals surface area contributed by atoms with E-state index in [-0.39, 0.29) is 5.57 Å². The van der Waals surface area contributed by atoms with Gasteiger partial charge in [0, 0.05) is 5.69 Å². The first kappa shape index (κ1) is 25.9. The summed E-state index contributed by atoms with van der Waals surface area (Å²) in [5.41, 5.74) is 1.73. The lowest BCUT2D eigenvalue weighted by Crippen LogP contribution is -2.13. The molecular weight excluding hydrogens is 456 g/mol. The largest absolute Gasteiger partial charge is 0.462 e. The van der Waals surface area contributed by atoms with Crippen molar-refractivity contribution in [2.75, 3.05) is 11.9 Å². The van der Waals surface area contributed by atoms with Crippen molar-refractivity contribution in [3.63, 3.8) is 0 Å². The quantitative estimate of drug-likeness (QED) is 0.129. The predicted molar refractivity (Wildman–Crippen MR) is 136 cm³/mol. The van der Waals surface area contributed by atoms with Crippen LogP contribution in [0.5, 0.6) is 5.75 Å². The smallest absolute Gasteiger partial charge is 0.343 e. The van der Waals surface area contributed by atoms with Crippen LogP contribution in [0.15, 0.2) is 84.4 Å². The number of hydrogen-bond acceptors (Lipinski definition) is 6. The molecule has 3 aromatic carbocycles. The normalized spacial score (nSPS) is 10.7. The van der Waals surface area contributed by atoms with E-state index in [1.165, 1.54) is 6.08 Å². The maximum Gasteiger partial charge on any atom is 0.343 e. The molecule has 0 radical (unpaired) electrons. The van der Waals surface area contributed by atoms with E-state index in [0.717, 1.165) is 19.3 Å². The average molecular weight is 483 g/mol. The highest BCUT2D eigenvalue weighted by atomic mass is 16.5. The molecule has 7 heteroatoms. The summed E-state index contributed by atoms with van der Waals surface area (Å²) in [4.78, 5) is 36.8. The van der Waals surface area contributed by atoms with Gasteiger partial charge in [-0.15, -0.1) is 0 Å². The number of nitriles is 1. The minimum atomic E-state index is -0.591. The molecule has 0 unspecified atom stereocenters. The van der Waals surface area contributed by atoms with Gasteiger partial charge in [-0.3, -0.25) is 4.79 Å². The molecule has 0 aliphatic carbocycles. The number of rotatable bonds is 10. The van der Waals surface area contributed by atoms with Gasteiger partial charge in [-0.05, 0) is 66.6 Å². The summed E-state index contributed by atoms with van der Waals surface area (Å²) >= 11 is 0.